The average molecular weight is 461 g/mol. The van der Waals surface area contributed by atoms with E-state index < -0.39 is 17.9 Å². The molecule has 136 valence electrons. The van der Waals surface area contributed by atoms with E-state index in [0.29, 0.717) is 0 Å². The number of carbonyl (C=O) groups is 2. The van der Waals surface area contributed by atoms with Crippen molar-refractivity contribution in [3.63, 3.8) is 0 Å². The van der Waals surface area contributed by atoms with Gasteiger partial charge in [0, 0.05) is 0 Å². The topological polar surface area (TPSA) is 52.6 Å². The van der Waals surface area contributed by atoms with Gasteiger partial charge in [0.1, 0.15) is 9.81 Å². The van der Waals surface area contributed by atoms with Gasteiger partial charge in [0.2, 0.25) is 0 Å². The van der Waals surface area contributed by atoms with Crippen molar-refractivity contribution in [2.45, 2.75) is 5.92 Å². The van der Waals surface area contributed by atoms with E-state index in [1.54, 1.807) is 0 Å². The maximum atomic E-state index is 13.5. The zero-order chi connectivity index (χ0) is 18.2. The Labute approximate surface area is 168 Å². The summed E-state index contributed by atoms with van der Waals surface area (Å²) in [5.74, 6) is -4.36. The molecule has 0 bridgehead atoms. The molecule has 0 spiro atoms. The van der Waals surface area contributed by atoms with E-state index in [2.05, 4.69) is 0 Å². The number of alkyl halides is 2. The van der Waals surface area contributed by atoms with E-state index in [4.69, 9.17) is 9.47 Å². The number of hydrogen-bond donors (Lipinski definition) is 0. The third kappa shape index (κ3) is 4.34. The van der Waals surface area contributed by atoms with Crippen LogP contribution in [0, 0.1) is 0 Å². The standard InChI is InChI=1S/C13H10F2O4S6/c1-18-7(16)5-6(8(17)19-2)23-11(22-5)12-24-9-10(25-12)21-4-13(14,15)3-20-9/h3-4H2,1-2H3. The molecule has 3 aliphatic rings. The number of carbonyl (C=O) groups excluding carboxylic acids is 2. The fraction of sp³-hybridized carbons (Fsp3) is 0.385. The van der Waals surface area contributed by atoms with Crippen molar-refractivity contribution in [3.8, 4) is 0 Å². The summed E-state index contributed by atoms with van der Waals surface area (Å²) in [6, 6.07) is 0. The minimum Gasteiger partial charge on any atom is -0.465 e. The second-order valence-electron chi connectivity index (χ2n) is 4.63. The second kappa shape index (κ2) is 8.01. The SMILES string of the molecule is COC(=O)C1=C(C(=O)OC)SC(=C2SC3=C(SCC(F)(F)CS3)S2)S1. The quantitative estimate of drug-likeness (QED) is 0.533. The van der Waals surface area contributed by atoms with Crippen molar-refractivity contribution in [1.29, 1.82) is 0 Å². The van der Waals surface area contributed by atoms with Gasteiger partial charge in [-0.05, 0) is 0 Å². The minimum atomic E-state index is -2.68. The normalized spacial score (nSPS) is 22.9. The van der Waals surface area contributed by atoms with E-state index in [0.717, 1.165) is 64.0 Å². The van der Waals surface area contributed by atoms with Gasteiger partial charge in [-0.1, -0.05) is 47.0 Å². The lowest BCUT2D eigenvalue weighted by molar-refractivity contribution is -0.138. The van der Waals surface area contributed by atoms with Gasteiger partial charge in [-0.2, -0.15) is 0 Å². The first-order valence-corrected chi connectivity index (χ1v) is 11.8. The van der Waals surface area contributed by atoms with E-state index in [1.165, 1.54) is 37.7 Å². The third-order valence-corrected chi connectivity index (χ3v) is 11.8. The Balaban J connectivity index is 1.79. The van der Waals surface area contributed by atoms with Crippen molar-refractivity contribution in [2.75, 3.05) is 25.7 Å². The predicted octanol–water partition coefficient (Wildman–Crippen LogP) is 4.87. The van der Waals surface area contributed by atoms with Crippen LogP contribution in [0.2, 0.25) is 0 Å². The number of thioether (sulfide) groups is 6. The summed E-state index contributed by atoms with van der Waals surface area (Å²) in [5, 5.41) is 0. The molecule has 12 heteroatoms. The Morgan fingerprint density at radius 3 is 1.60 bits per heavy atom. The molecule has 3 aliphatic heterocycles. The monoisotopic (exact) mass is 460 g/mol. The molecule has 0 saturated carbocycles. The first kappa shape index (κ1) is 19.9. The zero-order valence-electron chi connectivity index (χ0n) is 12.8. The lowest BCUT2D eigenvalue weighted by Crippen LogP contribution is -2.21. The Morgan fingerprint density at radius 1 is 0.800 bits per heavy atom. The van der Waals surface area contributed by atoms with Gasteiger partial charge in [0.05, 0.1) is 42.7 Å². The molecule has 0 unspecified atom stereocenters. The van der Waals surface area contributed by atoms with Crippen LogP contribution in [0.15, 0.2) is 26.8 Å². The molecule has 0 radical (unpaired) electrons. The molecule has 0 aliphatic carbocycles. The number of esters is 2. The van der Waals surface area contributed by atoms with Crippen molar-refractivity contribution in [1.82, 2.24) is 0 Å². The van der Waals surface area contributed by atoms with Gasteiger partial charge in [0.15, 0.2) is 0 Å². The molecule has 0 fully saturated rings. The van der Waals surface area contributed by atoms with Gasteiger partial charge in [-0.15, -0.1) is 23.5 Å². The molecule has 0 N–H and O–H groups in total. The minimum absolute atomic E-state index is 0.192. The van der Waals surface area contributed by atoms with Crippen LogP contribution < -0.4 is 0 Å². The van der Waals surface area contributed by atoms with Crippen LogP contribution in [0.4, 0.5) is 8.78 Å². The lowest BCUT2D eigenvalue weighted by Gasteiger charge is -2.12. The first-order chi connectivity index (χ1) is 11.8. The summed E-state index contributed by atoms with van der Waals surface area (Å²) in [5.41, 5.74) is 0. The number of ether oxygens (including phenoxy) is 2. The summed E-state index contributed by atoms with van der Waals surface area (Å²) < 4.78 is 39.8. The summed E-state index contributed by atoms with van der Waals surface area (Å²) in [4.78, 5) is 24.2. The molecule has 3 heterocycles. The van der Waals surface area contributed by atoms with Crippen LogP contribution in [0.25, 0.3) is 0 Å². The van der Waals surface area contributed by atoms with E-state index in [-0.39, 0.29) is 21.3 Å². The predicted molar refractivity (Wildman–Crippen MR) is 105 cm³/mol. The Morgan fingerprint density at radius 2 is 1.20 bits per heavy atom. The van der Waals surface area contributed by atoms with Crippen LogP contribution in [-0.2, 0) is 19.1 Å². The molecular weight excluding hydrogens is 451 g/mol. The molecule has 3 rings (SSSR count). The number of hydrogen-bond acceptors (Lipinski definition) is 10. The van der Waals surface area contributed by atoms with Crippen LogP contribution >= 0.6 is 70.6 Å². The van der Waals surface area contributed by atoms with Crippen LogP contribution in [0.1, 0.15) is 0 Å². The Hall–Kier alpha value is 0.120. The lowest BCUT2D eigenvalue weighted by atomic mass is 10.5. The molecule has 0 aromatic rings. The molecule has 0 atom stereocenters. The Bertz CT molecular complexity index is 676. The zero-order valence-corrected chi connectivity index (χ0v) is 17.7. The molecule has 0 aromatic heterocycles. The summed E-state index contributed by atoms with van der Waals surface area (Å²) >= 11 is 7.42. The average Bonchev–Trinajstić information content (AvgIpc) is 3.18. The highest BCUT2D eigenvalue weighted by Crippen LogP contribution is 2.65. The van der Waals surface area contributed by atoms with Crippen LogP contribution in [0.5, 0.6) is 0 Å². The van der Waals surface area contributed by atoms with Crippen molar-refractivity contribution in [2.24, 2.45) is 0 Å². The van der Waals surface area contributed by atoms with Gasteiger partial charge in [0.25, 0.3) is 5.92 Å². The summed E-state index contributed by atoms with van der Waals surface area (Å²) in [6.07, 6.45) is 0. The maximum absolute atomic E-state index is 13.5. The Kier molecular flexibility index (Phi) is 6.37. The molecule has 0 amide bonds. The highest BCUT2D eigenvalue weighted by molar-refractivity contribution is 8.42. The summed E-state index contributed by atoms with van der Waals surface area (Å²) in [7, 11) is 2.49. The van der Waals surface area contributed by atoms with E-state index in [1.807, 2.05) is 0 Å². The smallest absolute Gasteiger partial charge is 0.346 e. The molecule has 0 aromatic carbocycles. The van der Waals surface area contributed by atoms with Gasteiger partial charge < -0.3 is 9.47 Å². The molecule has 25 heavy (non-hydrogen) atoms. The van der Waals surface area contributed by atoms with Gasteiger partial charge in [-0.25, -0.2) is 18.4 Å². The van der Waals surface area contributed by atoms with Crippen molar-refractivity contribution < 1.29 is 27.8 Å². The van der Waals surface area contributed by atoms with Crippen molar-refractivity contribution >= 4 is 82.5 Å². The molecule has 4 nitrogen and oxygen atoms in total. The third-order valence-electron chi connectivity index (χ3n) is 2.87. The number of methoxy groups -OCH3 is 2. The fourth-order valence-corrected chi connectivity index (χ4v) is 10.3. The largest absolute Gasteiger partial charge is 0.465 e. The van der Waals surface area contributed by atoms with Crippen LogP contribution in [-0.4, -0.2) is 43.6 Å². The fourth-order valence-electron chi connectivity index (χ4n) is 1.75. The second-order valence-corrected chi connectivity index (χ2v) is 11.7. The maximum Gasteiger partial charge on any atom is 0.346 e. The highest BCUT2D eigenvalue weighted by atomic mass is 32.3. The van der Waals surface area contributed by atoms with E-state index in [9.17, 15) is 18.4 Å². The number of rotatable bonds is 2. The summed E-state index contributed by atoms with van der Waals surface area (Å²) in [6.45, 7) is 0. The first-order valence-electron chi connectivity index (χ1n) is 6.59. The van der Waals surface area contributed by atoms with Crippen molar-refractivity contribution in [3.05, 3.63) is 26.8 Å². The van der Waals surface area contributed by atoms with Gasteiger partial charge in [-0.3, -0.25) is 0 Å². The molecular formula is C13H10F2O4S6. The van der Waals surface area contributed by atoms with E-state index >= 15 is 0 Å². The number of halogens is 2. The molecule has 0 saturated heterocycles. The van der Waals surface area contributed by atoms with Crippen LogP contribution in [0.3, 0.4) is 0 Å². The highest BCUT2D eigenvalue weighted by Gasteiger charge is 2.40. The van der Waals surface area contributed by atoms with Gasteiger partial charge >= 0.3 is 11.9 Å².